The maximum absolute atomic E-state index is 14.1. The van der Waals surface area contributed by atoms with Crippen LogP contribution in [0.2, 0.25) is 0 Å². The van der Waals surface area contributed by atoms with Gasteiger partial charge in [-0.2, -0.15) is 0 Å². The first kappa shape index (κ1) is 40.2. The van der Waals surface area contributed by atoms with Gasteiger partial charge in [0.15, 0.2) is 9.84 Å². The molecule has 47 heavy (non-hydrogen) atoms. The lowest BCUT2D eigenvalue weighted by Crippen LogP contribution is -2.57. The Hall–Kier alpha value is -2.97. The molecule has 0 fully saturated rings. The number of carbonyl (C=O) groups excluding carboxylic acids is 2. The Morgan fingerprint density at radius 1 is 0.957 bits per heavy atom. The maximum atomic E-state index is 14.1. The van der Waals surface area contributed by atoms with Gasteiger partial charge < -0.3 is 21.1 Å². The number of nitrogens with one attached hydrogen (secondary N) is 3. The van der Waals surface area contributed by atoms with Gasteiger partial charge in [-0.25, -0.2) is 22.2 Å². The summed E-state index contributed by atoms with van der Waals surface area (Å²) >= 11 is 1.17. The second-order valence-corrected chi connectivity index (χ2v) is 14.4. The number of rotatable bonds is 19. The van der Waals surface area contributed by atoms with Gasteiger partial charge in [0.25, 0.3) is 5.91 Å². The number of aliphatic hydroxyl groups is 1. The minimum atomic E-state index is -3.85. The first-order chi connectivity index (χ1) is 21.9. The number of sulfone groups is 1. The number of aromatic nitrogens is 1. The van der Waals surface area contributed by atoms with E-state index in [1.54, 1.807) is 0 Å². The second-order valence-electron chi connectivity index (χ2n) is 11.4. The number of hydrogen-bond donors (Lipinski definition) is 4. The van der Waals surface area contributed by atoms with Crippen molar-refractivity contribution < 1.29 is 31.9 Å². The van der Waals surface area contributed by atoms with Gasteiger partial charge in [0.1, 0.15) is 23.4 Å². The van der Waals surface area contributed by atoms with Crippen LogP contribution < -0.4 is 16.0 Å². The molecule has 4 N–H and O–H groups in total. The fourth-order valence-corrected chi connectivity index (χ4v) is 7.96. The number of amides is 2. The smallest absolute Gasteiger partial charge is 0.271 e. The molecular formula is C33H45ClF2N4O5S2. The fourth-order valence-electron chi connectivity index (χ4n) is 5.27. The Bertz CT molecular complexity index is 1500. The van der Waals surface area contributed by atoms with Gasteiger partial charge in [-0.3, -0.25) is 9.59 Å². The van der Waals surface area contributed by atoms with E-state index in [2.05, 4.69) is 20.9 Å². The van der Waals surface area contributed by atoms with Crippen molar-refractivity contribution in [1.29, 1.82) is 0 Å². The number of halogens is 3. The van der Waals surface area contributed by atoms with Gasteiger partial charge in [0.05, 0.1) is 28.7 Å². The molecule has 9 nitrogen and oxygen atoms in total. The van der Waals surface area contributed by atoms with Crippen molar-refractivity contribution in [3.63, 3.8) is 0 Å². The van der Waals surface area contributed by atoms with Gasteiger partial charge in [-0.1, -0.05) is 57.9 Å². The first-order valence-corrected chi connectivity index (χ1v) is 18.2. The minimum Gasteiger partial charge on any atom is -0.390 e. The molecule has 0 radical (unpaired) electrons. The average molecular weight is 715 g/mol. The summed E-state index contributed by atoms with van der Waals surface area (Å²) < 4.78 is 55.2. The van der Waals surface area contributed by atoms with Gasteiger partial charge in [-0.15, -0.1) is 23.7 Å². The normalized spacial score (nSPS) is 13.4. The van der Waals surface area contributed by atoms with Crippen LogP contribution in [-0.2, 0) is 34.0 Å². The molecule has 1 aromatic heterocycles. The lowest BCUT2D eigenvalue weighted by atomic mass is 10.00. The van der Waals surface area contributed by atoms with Crippen LogP contribution in [0.15, 0.2) is 53.4 Å². The molecule has 0 saturated carbocycles. The van der Waals surface area contributed by atoms with E-state index < -0.39 is 62.5 Å². The third-order valence-electron chi connectivity index (χ3n) is 7.67. The molecule has 0 spiro atoms. The summed E-state index contributed by atoms with van der Waals surface area (Å²) in [6.45, 7) is 6.22. The van der Waals surface area contributed by atoms with E-state index in [9.17, 15) is 31.9 Å². The predicted molar refractivity (Wildman–Crippen MR) is 184 cm³/mol. The van der Waals surface area contributed by atoms with Crippen molar-refractivity contribution in [2.24, 2.45) is 0 Å². The molecule has 2 amide bonds. The molecule has 0 aliphatic heterocycles. The Morgan fingerprint density at radius 2 is 1.62 bits per heavy atom. The molecular weight excluding hydrogens is 670 g/mol. The number of aryl methyl sites for hydroxylation is 1. The molecule has 3 rings (SSSR count). The molecule has 0 saturated heterocycles. The highest BCUT2D eigenvalue weighted by molar-refractivity contribution is 7.92. The quantitative estimate of drug-likeness (QED) is 0.141. The molecule has 260 valence electrons. The third kappa shape index (κ3) is 12.9. The van der Waals surface area contributed by atoms with E-state index >= 15 is 0 Å². The van der Waals surface area contributed by atoms with E-state index in [0.717, 1.165) is 35.7 Å². The Labute approximate surface area is 286 Å². The van der Waals surface area contributed by atoms with Crippen LogP contribution in [0, 0.1) is 11.6 Å². The predicted octanol–water partition coefficient (Wildman–Crippen LogP) is 4.77. The third-order valence-corrected chi connectivity index (χ3v) is 10.5. The Morgan fingerprint density at radius 3 is 2.21 bits per heavy atom. The van der Waals surface area contributed by atoms with E-state index in [4.69, 9.17) is 0 Å². The fraction of sp³-hybridized carbons (Fsp3) is 0.485. The van der Waals surface area contributed by atoms with E-state index in [0.29, 0.717) is 32.2 Å². The maximum Gasteiger partial charge on any atom is 0.271 e. The van der Waals surface area contributed by atoms with Crippen molar-refractivity contribution in [3.8, 4) is 0 Å². The largest absolute Gasteiger partial charge is 0.390 e. The monoisotopic (exact) mass is 714 g/mol. The van der Waals surface area contributed by atoms with Crippen molar-refractivity contribution in [3.05, 3.63) is 87.4 Å². The highest BCUT2D eigenvalue weighted by Crippen LogP contribution is 2.18. The number of hydrogen-bond acceptors (Lipinski definition) is 8. The molecule has 0 bridgehead atoms. The van der Waals surface area contributed by atoms with Crippen LogP contribution in [0.4, 0.5) is 8.78 Å². The Balaban J connectivity index is 0.00000768. The van der Waals surface area contributed by atoms with Gasteiger partial charge in [-0.05, 0) is 54.5 Å². The van der Waals surface area contributed by atoms with Gasteiger partial charge in [0, 0.05) is 24.5 Å². The standard InChI is InChI=1S/C33H44F2N4O5S2.ClH/c1-4-8-27(9-5-2)46(43,44)20-30(39-32(41)29-19-45-21-37-29)33(42)38-28(15-24-13-25(34)16-26(35)14-24)31(40)18-36-17-23-11-7-10-22(6-3)12-23;/h7,10-14,16,19,21,27-28,30-31,36,40H,4-6,8-9,15,17-18,20H2,1-3H3,(H,38,42)(H,39,41);1H/t28-,30+,31+;/m0./s1. The lowest BCUT2D eigenvalue weighted by Gasteiger charge is -2.28. The summed E-state index contributed by atoms with van der Waals surface area (Å²) in [7, 11) is -3.85. The summed E-state index contributed by atoms with van der Waals surface area (Å²) in [5.74, 6) is -3.88. The van der Waals surface area contributed by atoms with E-state index in [-0.39, 0.29) is 36.6 Å². The summed E-state index contributed by atoms with van der Waals surface area (Å²) in [4.78, 5) is 30.7. The minimum absolute atomic E-state index is 0. The van der Waals surface area contributed by atoms with E-state index in [1.807, 2.05) is 45.0 Å². The van der Waals surface area contributed by atoms with Crippen molar-refractivity contribution in [2.75, 3.05) is 12.3 Å². The molecule has 0 aliphatic carbocycles. The molecule has 2 aromatic carbocycles. The van der Waals surface area contributed by atoms with Crippen LogP contribution in [0.1, 0.15) is 73.6 Å². The van der Waals surface area contributed by atoms with Crippen molar-refractivity contribution in [2.45, 2.75) is 89.3 Å². The zero-order valence-corrected chi connectivity index (χ0v) is 29.3. The number of thiazole rings is 1. The van der Waals surface area contributed by atoms with Crippen LogP contribution in [-0.4, -0.2) is 66.1 Å². The van der Waals surface area contributed by atoms with E-state index in [1.165, 1.54) is 22.2 Å². The number of aliphatic hydroxyl groups excluding tert-OH is 1. The van der Waals surface area contributed by atoms with Gasteiger partial charge >= 0.3 is 0 Å². The summed E-state index contributed by atoms with van der Waals surface area (Å²) in [5, 5.41) is 20.4. The molecule has 0 aliphatic rings. The topological polar surface area (TPSA) is 137 Å². The second kappa shape index (κ2) is 19.8. The molecule has 3 aromatic rings. The van der Waals surface area contributed by atoms with Crippen LogP contribution in [0.5, 0.6) is 0 Å². The highest BCUT2D eigenvalue weighted by atomic mass is 35.5. The van der Waals surface area contributed by atoms with Crippen LogP contribution in [0.3, 0.4) is 0 Å². The molecule has 0 unspecified atom stereocenters. The Kier molecular flexibility index (Phi) is 16.9. The summed E-state index contributed by atoms with van der Waals surface area (Å²) in [5.41, 5.74) is 3.79. The number of carbonyl (C=O) groups is 2. The number of benzene rings is 2. The lowest BCUT2D eigenvalue weighted by molar-refractivity contribution is -0.124. The molecule has 14 heteroatoms. The van der Waals surface area contributed by atoms with Gasteiger partial charge in [0.2, 0.25) is 5.91 Å². The molecule has 1 heterocycles. The van der Waals surface area contributed by atoms with Crippen LogP contribution in [0.25, 0.3) is 0 Å². The molecule has 3 atom stereocenters. The van der Waals surface area contributed by atoms with Crippen LogP contribution >= 0.6 is 23.7 Å². The van der Waals surface area contributed by atoms with Crippen molar-refractivity contribution >= 4 is 45.4 Å². The average Bonchev–Trinajstić information content (AvgIpc) is 3.55. The number of nitrogens with zero attached hydrogens (tertiary/aromatic N) is 1. The zero-order valence-electron chi connectivity index (χ0n) is 26.9. The summed E-state index contributed by atoms with van der Waals surface area (Å²) in [6.07, 6.45) is 1.52. The SMILES string of the molecule is CCCC(CCC)S(=O)(=O)C[C@@H](NC(=O)c1cscn1)C(=O)N[C@@H](Cc1cc(F)cc(F)c1)[C@H](O)CNCc1cccc(CC)c1.Cl. The summed E-state index contributed by atoms with van der Waals surface area (Å²) in [6, 6.07) is 8.24. The van der Waals surface area contributed by atoms with Crippen molar-refractivity contribution in [1.82, 2.24) is 20.9 Å². The first-order valence-electron chi connectivity index (χ1n) is 15.6. The highest BCUT2D eigenvalue weighted by Gasteiger charge is 2.34. The zero-order chi connectivity index (χ0) is 33.7.